The Morgan fingerprint density at radius 2 is 1.27 bits per heavy atom. The lowest BCUT2D eigenvalue weighted by Crippen LogP contribution is -2.68. The number of hydrogen-bond donors (Lipinski definition) is 1. The topological polar surface area (TPSA) is 35.2 Å². The van der Waals surface area contributed by atoms with E-state index in [9.17, 15) is 0 Å². The van der Waals surface area contributed by atoms with Crippen LogP contribution in [0.3, 0.4) is 0 Å². The first-order valence-corrected chi connectivity index (χ1v) is 10.9. The van der Waals surface area contributed by atoms with Crippen molar-refractivity contribution in [2.45, 2.75) is 32.7 Å². The SMILES string of the molecule is Cc1ccc(N)cc1O[Si](c1ccccc1)(c1ccccc1)C(C)(C)C. The number of nitrogen functional groups attached to an aromatic ring is 1. The Hall–Kier alpha value is -2.52. The summed E-state index contributed by atoms with van der Waals surface area (Å²) in [5.41, 5.74) is 7.90. The zero-order valence-electron chi connectivity index (χ0n) is 16.0. The molecule has 0 saturated carbocycles. The highest BCUT2D eigenvalue weighted by Crippen LogP contribution is 2.38. The summed E-state index contributed by atoms with van der Waals surface area (Å²) in [5.74, 6) is 0.874. The summed E-state index contributed by atoms with van der Waals surface area (Å²) < 4.78 is 7.01. The lowest BCUT2D eigenvalue weighted by molar-refractivity contribution is 0.505. The van der Waals surface area contributed by atoms with Crippen LogP contribution >= 0.6 is 0 Å². The van der Waals surface area contributed by atoms with Gasteiger partial charge in [0.05, 0.1) is 0 Å². The van der Waals surface area contributed by atoms with E-state index in [0.29, 0.717) is 0 Å². The third kappa shape index (κ3) is 3.27. The third-order valence-electron chi connectivity index (χ3n) is 4.89. The lowest BCUT2D eigenvalue weighted by atomic mass is 10.2. The Morgan fingerprint density at radius 1 is 0.769 bits per heavy atom. The second kappa shape index (κ2) is 7.00. The van der Waals surface area contributed by atoms with Crippen molar-refractivity contribution in [2.75, 3.05) is 5.73 Å². The highest BCUT2D eigenvalue weighted by Gasteiger charge is 2.52. The summed E-state index contributed by atoms with van der Waals surface area (Å²) in [4.78, 5) is 0. The maximum atomic E-state index is 7.01. The van der Waals surface area contributed by atoms with Gasteiger partial charge in [-0.15, -0.1) is 0 Å². The predicted molar refractivity (Wildman–Crippen MR) is 114 cm³/mol. The van der Waals surface area contributed by atoms with Gasteiger partial charge in [-0.25, -0.2) is 0 Å². The third-order valence-corrected chi connectivity index (χ3v) is 9.82. The molecule has 0 atom stereocenters. The minimum Gasteiger partial charge on any atom is -0.534 e. The molecule has 3 rings (SSSR count). The van der Waals surface area contributed by atoms with Crippen molar-refractivity contribution in [3.63, 3.8) is 0 Å². The number of rotatable bonds is 4. The Labute approximate surface area is 157 Å². The van der Waals surface area contributed by atoms with Gasteiger partial charge in [0.1, 0.15) is 5.75 Å². The van der Waals surface area contributed by atoms with Gasteiger partial charge in [-0.05, 0) is 34.0 Å². The fourth-order valence-corrected chi connectivity index (χ4v) is 8.02. The average Bonchev–Trinajstić information content (AvgIpc) is 2.63. The van der Waals surface area contributed by atoms with E-state index in [-0.39, 0.29) is 5.04 Å². The molecule has 2 nitrogen and oxygen atoms in total. The molecule has 0 saturated heterocycles. The van der Waals surface area contributed by atoms with Crippen molar-refractivity contribution in [3.8, 4) is 5.75 Å². The molecule has 0 fully saturated rings. The van der Waals surface area contributed by atoms with Crippen molar-refractivity contribution in [3.05, 3.63) is 84.4 Å². The molecule has 0 aliphatic carbocycles. The van der Waals surface area contributed by atoms with Crippen LogP contribution in [0.15, 0.2) is 78.9 Å². The lowest BCUT2D eigenvalue weighted by Gasteiger charge is -2.43. The molecule has 134 valence electrons. The number of nitrogens with two attached hydrogens (primary N) is 1. The van der Waals surface area contributed by atoms with Gasteiger partial charge in [0.15, 0.2) is 0 Å². The normalized spacial score (nSPS) is 12.0. The summed E-state index contributed by atoms with van der Waals surface area (Å²) in [6, 6.07) is 27.2. The van der Waals surface area contributed by atoms with Crippen LogP contribution in [0.5, 0.6) is 5.75 Å². The Kier molecular flexibility index (Phi) is 4.92. The van der Waals surface area contributed by atoms with Crippen molar-refractivity contribution in [1.82, 2.24) is 0 Å². The van der Waals surface area contributed by atoms with Crippen molar-refractivity contribution in [2.24, 2.45) is 0 Å². The molecule has 3 heteroatoms. The van der Waals surface area contributed by atoms with E-state index >= 15 is 0 Å². The van der Waals surface area contributed by atoms with Gasteiger partial charge in [0.2, 0.25) is 0 Å². The van der Waals surface area contributed by atoms with Crippen LogP contribution in [-0.4, -0.2) is 8.32 Å². The van der Waals surface area contributed by atoms with Crippen LogP contribution < -0.4 is 20.5 Å². The fourth-order valence-electron chi connectivity index (χ4n) is 3.54. The number of benzene rings is 3. The molecule has 2 N–H and O–H groups in total. The average molecular weight is 362 g/mol. The zero-order valence-corrected chi connectivity index (χ0v) is 17.0. The second-order valence-corrected chi connectivity index (χ2v) is 12.0. The summed E-state index contributed by atoms with van der Waals surface area (Å²) in [7, 11) is -2.60. The maximum Gasteiger partial charge on any atom is 0.319 e. The second-order valence-electron chi connectivity index (χ2n) is 7.79. The quantitative estimate of drug-likeness (QED) is 0.548. The molecule has 0 aromatic heterocycles. The molecule has 0 heterocycles. The van der Waals surface area contributed by atoms with Crippen molar-refractivity contribution < 1.29 is 4.43 Å². The molecule has 0 aliphatic heterocycles. The van der Waals surface area contributed by atoms with Crippen LogP contribution in [0.4, 0.5) is 5.69 Å². The van der Waals surface area contributed by atoms with Crippen LogP contribution in [0, 0.1) is 6.92 Å². The maximum absolute atomic E-state index is 7.01. The highest BCUT2D eigenvalue weighted by atomic mass is 28.4. The highest BCUT2D eigenvalue weighted by molar-refractivity contribution is 7.00. The Balaban J connectivity index is 2.29. The van der Waals surface area contributed by atoms with E-state index in [0.717, 1.165) is 17.0 Å². The van der Waals surface area contributed by atoms with E-state index in [1.54, 1.807) is 0 Å². The van der Waals surface area contributed by atoms with E-state index in [4.69, 9.17) is 10.2 Å². The number of anilines is 1. The molecular formula is C23H27NOSi. The molecule has 0 radical (unpaired) electrons. The molecule has 26 heavy (non-hydrogen) atoms. The predicted octanol–water partition coefficient (Wildman–Crippen LogP) is 4.52. The summed E-state index contributed by atoms with van der Waals surface area (Å²) in [5, 5.41) is 2.47. The smallest absolute Gasteiger partial charge is 0.319 e. The van der Waals surface area contributed by atoms with Crippen LogP contribution in [0.1, 0.15) is 26.3 Å². The monoisotopic (exact) mass is 361 g/mol. The van der Waals surface area contributed by atoms with Gasteiger partial charge in [-0.3, -0.25) is 0 Å². The van der Waals surface area contributed by atoms with Crippen LogP contribution in [0.25, 0.3) is 0 Å². The van der Waals surface area contributed by atoms with Crippen LogP contribution in [0.2, 0.25) is 5.04 Å². The summed E-state index contributed by atoms with van der Waals surface area (Å²) in [6.07, 6.45) is 0. The molecule has 0 amide bonds. The first kappa shape index (κ1) is 18.3. The molecule has 3 aromatic rings. The van der Waals surface area contributed by atoms with Gasteiger partial charge < -0.3 is 10.2 Å². The Bertz CT molecular complexity index is 830. The Morgan fingerprint density at radius 3 is 1.73 bits per heavy atom. The van der Waals surface area contributed by atoms with E-state index in [1.807, 2.05) is 18.2 Å². The van der Waals surface area contributed by atoms with Crippen LogP contribution in [-0.2, 0) is 0 Å². The molecule has 0 bridgehead atoms. The van der Waals surface area contributed by atoms with E-state index in [1.165, 1.54) is 10.4 Å². The first-order chi connectivity index (χ1) is 12.3. The van der Waals surface area contributed by atoms with Crippen molar-refractivity contribution in [1.29, 1.82) is 0 Å². The van der Waals surface area contributed by atoms with Gasteiger partial charge in [0, 0.05) is 11.8 Å². The number of aryl methyl sites for hydroxylation is 1. The largest absolute Gasteiger partial charge is 0.534 e. The molecule has 0 aliphatic rings. The van der Waals surface area contributed by atoms with Gasteiger partial charge in [-0.2, -0.15) is 0 Å². The molecule has 0 unspecified atom stereocenters. The molecular weight excluding hydrogens is 334 g/mol. The van der Waals surface area contributed by atoms with Gasteiger partial charge in [-0.1, -0.05) is 87.5 Å². The minimum absolute atomic E-state index is 0.0627. The summed E-state index contributed by atoms with van der Waals surface area (Å²) in [6.45, 7) is 8.91. The molecule has 0 spiro atoms. The van der Waals surface area contributed by atoms with Gasteiger partial charge in [0.25, 0.3) is 0 Å². The number of hydrogen-bond acceptors (Lipinski definition) is 2. The zero-order chi connectivity index (χ0) is 18.8. The fraction of sp³-hybridized carbons (Fsp3) is 0.217. The molecule has 3 aromatic carbocycles. The summed E-state index contributed by atoms with van der Waals surface area (Å²) >= 11 is 0. The van der Waals surface area contributed by atoms with Gasteiger partial charge >= 0.3 is 8.32 Å². The standard InChI is InChI=1S/C23H27NOSi/c1-18-15-16-19(24)17-22(18)25-26(23(2,3)4,20-11-7-5-8-12-20)21-13-9-6-10-14-21/h5-17H,24H2,1-4H3. The minimum atomic E-state index is -2.60. The van der Waals surface area contributed by atoms with Crippen molar-refractivity contribution >= 4 is 24.4 Å². The first-order valence-electron chi connectivity index (χ1n) is 9.01. The van der Waals surface area contributed by atoms with E-state index < -0.39 is 8.32 Å². The van der Waals surface area contributed by atoms with E-state index in [2.05, 4.69) is 88.4 Å².